The summed E-state index contributed by atoms with van der Waals surface area (Å²) in [5.74, 6) is -11.3. The van der Waals surface area contributed by atoms with Crippen LogP contribution in [-0.4, -0.2) is 10.9 Å². The molecule has 7 heteroatoms. The Bertz CT molecular complexity index is 744. The molecule has 0 fully saturated rings. The van der Waals surface area contributed by atoms with Crippen molar-refractivity contribution in [3.8, 4) is 5.75 Å². The number of phenolic OH excluding ortho intramolecular Hbond substituents is 1. The molecule has 2 aromatic rings. The number of benzene rings is 2. The molecule has 2 aromatic carbocycles. The standard InChI is InChI=1S/C15H9F4NO2/c16-11-10(15(22)14(19)13(18)12(11)17)9(21)6-8(20)7-4-2-1-3-5-7/h1-6,22H,20H2. The molecule has 0 spiro atoms. The van der Waals surface area contributed by atoms with E-state index in [4.69, 9.17) is 5.73 Å². The van der Waals surface area contributed by atoms with E-state index in [-0.39, 0.29) is 5.70 Å². The van der Waals surface area contributed by atoms with Crippen LogP contribution in [0.25, 0.3) is 5.70 Å². The van der Waals surface area contributed by atoms with E-state index in [1.807, 2.05) is 0 Å². The topological polar surface area (TPSA) is 63.3 Å². The summed E-state index contributed by atoms with van der Waals surface area (Å²) in [5, 5.41) is 9.32. The van der Waals surface area contributed by atoms with Crippen LogP contribution in [-0.2, 0) is 0 Å². The molecular formula is C15H9F4NO2. The highest BCUT2D eigenvalue weighted by molar-refractivity contribution is 6.10. The maximum Gasteiger partial charge on any atom is 0.204 e. The van der Waals surface area contributed by atoms with Crippen LogP contribution >= 0.6 is 0 Å². The molecule has 3 nitrogen and oxygen atoms in total. The zero-order valence-corrected chi connectivity index (χ0v) is 10.9. The van der Waals surface area contributed by atoms with Gasteiger partial charge in [0.05, 0.1) is 0 Å². The normalized spacial score (nSPS) is 11.5. The summed E-state index contributed by atoms with van der Waals surface area (Å²) in [6.45, 7) is 0. The Labute approximate surface area is 122 Å². The molecule has 0 bridgehead atoms. The molecule has 0 aliphatic carbocycles. The van der Waals surface area contributed by atoms with E-state index in [1.54, 1.807) is 30.3 Å². The minimum atomic E-state index is -2.20. The van der Waals surface area contributed by atoms with Crippen molar-refractivity contribution < 1.29 is 27.5 Å². The molecule has 0 saturated carbocycles. The van der Waals surface area contributed by atoms with E-state index in [2.05, 4.69) is 0 Å². The predicted octanol–water partition coefficient (Wildman–Crippen LogP) is 3.13. The summed E-state index contributed by atoms with van der Waals surface area (Å²) in [4.78, 5) is 11.9. The van der Waals surface area contributed by atoms with Gasteiger partial charge < -0.3 is 10.8 Å². The first kappa shape index (κ1) is 15.6. The van der Waals surface area contributed by atoms with Gasteiger partial charge in [-0.1, -0.05) is 30.3 Å². The molecule has 2 rings (SSSR count). The van der Waals surface area contributed by atoms with Crippen molar-refractivity contribution in [1.82, 2.24) is 0 Å². The minimum absolute atomic E-state index is 0.116. The van der Waals surface area contributed by atoms with Crippen LogP contribution in [0.3, 0.4) is 0 Å². The Morgan fingerprint density at radius 2 is 1.50 bits per heavy atom. The van der Waals surface area contributed by atoms with Gasteiger partial charge in [0, 0.05) is 11.8 Å². The van der Waals surface area contributed by atoms with Gasteiger partial charge >= 0.3 is 0 Å². The smallest absolute Gasteiger partial charge is 0.204 e. The average molecular weight is 311 g/mol. The third-order valence-electron chi connectivity index (χ3n) is 2.88. The van der Waals surface area contributed by atoms with E-state index in [9.17, 15) is 27.5 Å². The first-order chi connectivity index (χ1) is 10.3. The summed E-state index contributed by atoms with van der Waals surface area (Å²) in [5.41, 5.74) is 4.58. The molecule has 0 atom stereocenters. The van der Waals surface area contributed by atoms with Crippen molar-refractivity contribution >= 4 is 11.5 Å². The Morgan fingerprint density at radius 1 is 0.955 bits per heavy atom. The highest BCUT2D eigenvalue weighted by Crippen LogP contribution is 2.30. The van der Waals surface area contributed by atoms with Crippen LogP contribution in [0.5, 0.6) is 5.75 Å². The molecule has 0 heterocycles. The fraction of sp³-hybridized carbons (Fsp3) is 0. The fourth-order valence-electron chi connectivity index (χ4n) is 1.77. The summed E-state index contributed by atoms with van der Waals surface area (Å²) in [6.07, 6.45) is 0.685. The lowest BCUT2D eigenvalue weighted by molar-refractivity contribution is 0.103. The minimum Gasteiger partial charge on any atom is -0.504 e. The number of aromatic hydroxyl groups is 1. The summed E-state index contributed by atoms with van der Waals surface area (Å²) in [7, 11) is 0. The molecule has 0 saturated heterocycles. The highest BCUT2D eigenvalue weighted by Gasteiger charge is 2.28. The lowest BCUT2D eigenvalue weighted by Gasteiger charge is -2.07. The lowest BCUT2D eigenvalue weighted by atomic mass is 10.0. The van der Waals surface area contributed by atoms with Gasteiger partial charge in [-0.2, -0.15) is 4.39 Å². The molecule has 0 aromatic heterocycles. The number of phenols is 1. The average Bonchev–Trinajstić information content (AvgIpc) is 2.52. The zero-order chi connectivity index (χ0) is 16.4. The Morgan fingerprint density at radius 3 is 2.09 bits per heavy atom. The van der Waals surface area contributed by atoms with Crippen LogP contribution < -0.4 is 5.73 Å². The second-order valence-corrected chi connectivity index (χ2v) is 4.31. The van der Waals surface area contributed by atoms with Gasteiger partial charge in [0.15, 0.2) is 23.2 Å². The van der Waals surface area contributed by atoms with Crippen LogP contribution in [0.4, 0.5) is 17.6 Å². The Kier molecular flexibility index (Phi) is 4.16. The van der Waals surface area contributed by atoms with Crippen molar-refractivity contribution in [2.24, 2.45) is 5.73 Å². The number of hydrogen-bond acceptors (Lipinski definition) is 3. The number of hydrogen-bond donors (Lipinski definition) is 2. The van der Waals surface area contributed by atoms with E-state index in [0.29, 0.717) is 11.6 Å². The molecule has 0 unspecified atom stereocenters. The largest absolute Gasteiger partial charge is 0.504 e. The van der Waals surface area contributed by atoms with Crippen LogP contribution in [0.1, 0.15) is 15.9 Å². The number of allylic oxidation sites excluding steroid dienone is 1. The third kappa shape index (κ3) is 2.65. The second kappa shape index (κ2) is 5.88. The van der Waals surface area contributed by atoms with Gasteiger partial charge in [0.25, 0.3) is 0 Å². The molecule has 0 aliphatic rings. The van der Waals surface area contributed by atoms with Gasteiger partial charge in [-0.3, -0.25) is 4.79 Å². The number of nitrogens with two attached hydrogens (primary N) is 1. The van der Waals surface area contributed by atoms with Crippen molar-refractivity contribution in [3.05, 3.63) is 70.8 Å². The van der Waals surface area contributed by atoms with Crippen LogP contribution in [0.15, 0.2) is 36.4 Å². The molecule has 22 heavy (non-hydrogen) atoms. The van der Waals surface area contributed by atoms with Crippen molar-refractivity contribution in [2.45, 2.75) is 0 Å². The fourth-order valence-corrected chi connectivity index (χ4v) is 1.77. The summed E-state index contributed by atoms with van der Waals surface area (Å²) < 4.78 is 52.9. The highest BCUT2D eigenvalue weighted by atomic mass is 19.2. The summed E-state index contributed by atoms with van der Waals surface area (Å²) >= 11 is 0. The molecule has 0 amide bonds. The van der Waals surface area contributed by atoms with Crippen LogP contribution in [0.2, 0.25) is 0 Å². The van der Waals surface area contributed by atoms with Gasteiger partial charge in [-0.25, -0.2) is 13.2 Å². The maximum atomic E-state index is 13.6. The molecule has 0 aliphatic heterocycles. The summed E-state index contributed by atoms with van der Waals surface area (Å²) in [6, 6.07) is 8.02. The first-order valence-electron chi connectivity index (χ1n) is 5.96. The van der Waals surface area contributed by atoms with Crippen molar-refractivity contribution in [1.29, 1.82) is 0 Å². The number of carbonyl (C=O) groups excluding carboxylic acids is 1. The first-order valence-corrected chi connectivity index (χ1v) is 5.96. The Balaban J connectivity index is 2.52. The van der Waals surface area contributed by atoms with E-state index < -0.39 is 40.4 Å². The monoisotopic (exact) mass is 311 g/mol. The van der Waals surface area contributed by atoms with Gasteiger partial charge in [0.2, 0.25) is 11.6 Å². The molecular weight excluding hydrogens is 302 g/mol. The zero-order valence-electron chi connectivity index (χ0n) is 10.9. The SMILES string of the molecule is NC(=CC(=O)c1c(O)c(F)c(F)c(F)c1F)c1ccccc1. The quantitative estimate of drug-likeness (QED) is 0.301. The second-order valence-electron chi connectivity index (χ2n) is 4.31. The van der Waals surface area contributed by atoms with Crippen LogP contribution in [0, 0.1) is 23.3 Å². The molecule has 3 N–H and O–H groups in total. The number of carbonyl (C=O) groups is 1. The van der Waals surface area contributed by atoms with E-state index in [1.165, 1.54) is 0 Å². The third-order valence-corrected chi connectivity index (χ3v) is 2.88. The number of halogens is 4. The maximum absolute atomic E-state index is 13.6. The van der Waals surface area contributed by atoms with E-state index >= 15 is 0 Å². The lowest BCUT2D eigenvalue weighted by Crippen LogP contribution is -2.09. The molecule has 114 valence electrons. The predicted molar refractivity (Wildman–Crippen MR) is 70.9 cm³/mol. The van der Waals surface area contributed by atoms with Gasteiger partial charge in [0.1, 0.15) is 5.56 Å². The van der Waals surface area contributed by atoms with Gasteiger partial charge in [-0.05, 0) is 5.56 Å². The Hall–Kier alpha value is -2.83. The number of rotatable bonds is 3. The number of ketones is 1. The van der Waals surface area contributed by atoms with Crippen molar-refractivity contribution in [3.63, 3.8) is 0 Å². The van der Waals surface area contributed by atoms with E-state index in [0.717, 1.165) is 0 Å². The van der Waals surface area contributed by atoms with Crippen molar-refractivity contribution in [2.75, 3.05) is 0 Å². The molecule has 0 radical (unpaired) electrons. The van der Waals surface area contributed by atoms with Gasteiger partial charge in [-0.15, -0.1) is 0 Å².